The monoisotopic (exact) mass is 454 g/mol. The van der Waals surface area contributed by atoms with Gasteiger partial charge >= 0.3 is 11.8 Å². The fraction of sp³-hybridized carbons (Fsp3) is 0.348. The van der Waals surface area contributed by atoms with Crippen LogP contribution in [0.2, 0.25) is 0 Å². The number of piperidine rings is 1. The molecule has 2 heterocycles. The zero-order valence-electron chi connectivity index (χ0n) is 18.2. The summed E-state index contributed by atoms with van der Waals surface area (Å²) in [4.78, 5) is 18.7. The van der Waals surface area contributed by atoms with Gasteiger partial charge in [-0.2, -0.15) is 4.98 Å². The molecule has 1 aliphatic rings. The van der Waals surface area contributed by atoms with Gasteiger partial charge in [0, 0.05) is 24.3 Å². The smallest absolute Gasteiger partial charge is 0.316 e. The number of carbonyl (C=O) groups excluding carboxylic acids is 1. The van der Waals surface area contributed by atoms with Crippen LogP contribution < -0.4 is 4.72 Å². The summed E-state index contributed by atoms with van der Waals surface area (Å²) < 4.78 is 34.0. The van der Waals surface area contributed by atoms with Crippen LogP contribution in [-0.4, -0.2) is 42.5 Å². The Bertz CT molecular complexity index is 1230. The third kappa shape index (κ3) is 4.67. The van der Waals surface area contributed by atoms with E-state index >= 15 is 0 Å². The molecule has 3 aromatic rings. The number of benzene rings is 2. The molecule has 1 aliphatic heterocycles. The van der Waals surface area contributed by atoms with Crippen molar-refractivity contribution < 1.29 is 17.7 Å². The molecule has 1 fully saturated rings. The van der Waals surface area contributed by atoms with Crippen LogP contribution in [0.3, 0.4) is 0 Å². The van der Waals surface area contributed by atoms with Gasteiger partial charge in [-0.3, -0.25) is 9.52 Å². The Morgan fingerprint density at radius 1 is 1.12 bits per heavy atom. The van der Waals surface area contributed by atoms with E-state index in [2.05, 4.69) is 14.9 Å². The molecule has 1 aromatic heterocycles. The SMILES string of the molecule is CCc1cccc(NS(=O)(=O)c2cc(-c3noc(C(=O)N4CCCCC4)n3)ccc2C)c1. The minimum atomic E-state index is -3.84. The maximum absolute atomic E-state index is 13.1. The lowest BCUT2D eigenvalue weighted by atomic mass is 10.1. The predicted molar refractivity (Wildman–Crippen MR) is 121 cm³/mol. The largest absolute Gasteiger partial charge is 0.334 e. The molecule has 1 amide bonds. The molecule has 2 aromatic carbocycles. The fourth-order valence-electron chi connectivity index (χ4n) is 3.75. The van der Waals surface area contributed by atoms with Crippen molar-refractivity contribution in [2.75, 3.05) is 17.8 Å². The third-order valence-electron chi connectivity index (χ3n) is 5.58. The maximum atomic E-state index is 13.1. The van der Waals surface area contributed by atoms with Crippen LogP contribution in [0.1, 0.15) is 48.0 Å². The van der Waals surface area contributed by atoms with Gasteiger partial charge in [0.1, 0.15) is 0 Å². The van der Waals surface area contributed by atoms with Crippen molar-refractivity contribution in [2.45, 2.75) is 44.4 Å². The molecule has 0 atom stereocenters. The van der Waals surface area contributed by atoms with Crippen molar-refractivity contribution in [3.8, 4) is 11.4 Å². The van der Waals surface area contributed by atoms with Crippen LogP contribution in [0.5, 0.6) is 0 Å². The first-order chi connectivity index (χ1) is 15.4. The summed E-state index contributed by atoms with van der Waals surface area (Å²) in [6.07, 6.45) is 3.83. The summed E-state index contributed by atoms with van der Waals surface area (Å²) >= 11 is 0. The second-order valence-electron chi connectivity index (χ2n) is 7.92. The Morgan fingerprint density at radius 3 is 2.66 bits per heavy atom. The Morgan fingerprint density at radius 2 is 1.91 bits per heavy atom. The van der Waals surface area contributed by atoms with Gasteiger partial charge < -0.3 is 9.42 Å². The molecular formula is C23H26N4O4S. The molecule has 0 radical (unpaired) electrons. The Kier molecular flexibility index (Phi) is 6.27. The van der Waals surface area contributed by atoms with Gasteiger partial charge in [0.05, 0.1) is 4.90 Å². The molecule has 0 spiro atoms. The summed E-state index contributed by atoms with van der Waals surface area (Å²) in [7, 11) is -3.84. The lowest BCUT2D eigenvalue weighted by Gasteiger charge is -2.24. The van der Waals surface area contributed by atoms with E-state index in [1.54, 1.807) is 30.0 Å². The second-order valence-corrected chi connectivity index (χ2v) is 9.57. The zero-order valence-corrected chi connectivity index (χ0v) is 19.0. The highest BCUT2D eigenvalue weighted by Gasteiger charge is 2.25. The average molecular weight is 455 g/mol. The summed E-state index contributed by atoms with van der Waals surface area (Å²) in [6, 6.07) is 12.2. The highest BCUT2D eigenvalue weighted by Crippen LogP contribution is 2.26. The van der Waals surface area contributed by atoms with Gasteiger partial charge in [-0.15, -0.1) is 0 Å². The van der Waals surface area contributed by atoms with E-state index in [9.17, 15) is 13.2 Å². The molecule has 1 N–H and O–H groups in total. The van der Waals surface area contributed by atoms with Gasteiger partial charge in [-0.05, 0) is 61.9 Å². The normalized spacial score (nSPS) is 14.4. The van der Waals surface area contributed by atoms with Crippen molar-refractivity contribution >= 4 is 21.6 Å². The van der Waals surface area contributed by atoms with Crippen LogP contribution in [-0.2, 0) is 16.4 Å². The van der Waals surface area contributed by atoms with E-state index in [-0.39, 0.29) is 22.5 Å². The number of nitrogens with zero attached hydrogens (tertiary/aromatic N) is 3. The number of sulfonamides is 1. The first kappa shape index (κ1) is 22.0. The second kappa shape index (κ2) is 9.12. The lowest BCUT2D eigenvalue weighted by molar-refractivity contribution is 0.0674. The van der Waals surface area contributed by atoms with Gasteiger partial charge in [0.25, 0.3) is 10.0 Å². The number of hydrogen-bond acceptors (Lipinski definition) is 6. The van der Waals surface area contributed by atoms with E-state index in [1.807, 2.05) is 25.1 Å². The van der Waals surface area contributed by atoms with E-state index in [1.165, 1.54) is 6.07 Å². The van der Waals surface area contributed by atoms with Crippen LogP contribution in [0.15, 0.2) is 51.9 Å². The minimum absolute atomic E-state index is 0.0820. The van der Waals surface area contributed by atoms with E-state index in [4.69, 9.17) is 4.52 Å². The number of aromatic nitrogens is 2. The first-order valence-electron chi connectivity index (χ1n) is 10.7. The van der Waals surface area contributed by atoms with E-state index in [0.717, 1.165) is 31.2 Å². The van der Waals surface area contributed by atoms with Crippen molar-refractivity contribution in [1.82, 2.24) is 15.0 Å². The number of nitrogens with one attached hydrogen (secondary N) is 1. The molecule has 8 nitrogen and oxygen atoms in total. The van der Waals surface area contributed by atoms with Crippen molar-refractivity contribution in [1.29, 1.82) is 0 Å². The highest BCUT2D eigenvalue weighted by molar-refractivity contribution is 7.92. The third-order valence-corrected chi connectivity index (χ3v) is 7.10. The Hall–Kier alpha value is -3.20. The van der Waals surface area contributed by atoms with E-state index in [0.29, 0.717) is 29.9 Å². The van der Waals surface area contributed by atoms with Crippen LogP contribution >= 0.6 is 0 Å². The summed E-state index contributed by atoms with van der Waals surface area (Å²) in [5, 5.41) is 3.91. The average Bonchev–Trinajstić information content (AvgIpc) is 3.29. The number of aryl methyl sites for hydroxylation is 2. The number of rotatable bonds is 6. The van der Waals surface area contributed by atoms with Crippen LogP contribution in [0, 0.1) is 6.92 Å². The Balaban J connectivity index is 1.60. The molecule has 0 aliphatic carbocycles. The number of likely N-dealkylation sites (tertiary alicyclic amines) is 1. The molecule has 0 unspecified atom stereocenters. The quantitative estimate of drug-likeness (QED) is 0.603. The summed E-state index contributed by atoms with van der Waals surface area (Å²) in [5.74, 6) is -0.197. The van der Waals surface area contributed by atoms with E-state index < -0.39 is 10.0 Å². The zero-order chi connectivity index (χ0) is 22.7. The minimum Gasteiger partial charge on any atom is -0.334 e. The molecule has 0 bridgehead atoms. The molecular weight excluding hydrogens is 428 g/mol. The van der Waals surface area contributed by atoms with Crippen molar-refractivity contribution in [3.05, 3.63) is 59.5 Å². The molecule has 1 saturated heterocycles. The van der Waals surface area contributed by atoms with Gasteiger partial charge in [0.2, 0.25) is 5.82 Å². The van der Waals surface area contributed by atoms with Crippen LogP contribution in [0.25, 0.3) is 11.4 Å². The topological polar surface area (TPSA) is 105 Å². The fourth-order valence-corrected chi connectivity index (χ4v) is 5.07. The van der Waals surface area contributed by atoms with Gasteiger partial charge in [0.15, 0.2) is 0 Å². The number of anilines is 1. The highest BCUT2D eigenvalue weighted by atomic mass is 32.2. The number of carbonyl (C=O) groups is 1. The van der Waals surface area contributed by atoms with Gasteiger partial charge in [-0.1, -0.05) is 36.3 Å². The molecule has 32 heavy (non-hydrogen) atoms. The molecule has 4 rings (SSSR count). The summed E-state index contributed by atoms with van der Waals surface area (Å²) in [6.45, 7) is 5.08. The summed E-state index contributed by atoms with van der Waals surface area (Å²) in [5.41, 5.74) is 2.58. The maximum Gasteiger partial charge on any atom is 0.316 e. The molecule has 168 valence electrons. The number of hydrogen-bond donors (Lipinski definition) is 1. The van der Waals surface area contributed by atoms with Crippen LogP contribution in [0.4, 0.5) is 5.69 Å². The first-order valence-corrected chi connectivity index (χ1v) is 12.2. The van der Waals surface area contributed by atoms with Crippen molar-refractivity contribution in [3.63, 3.8) is 0 Å². The Labute approximate surface area is 187 Å². The lowest BCUT2D eigenvalue weighted by Crippen LogP contribution is -2.35. The predicted octanol–water partition coefficient (Wildman–Crippen LogP) is 4.03. The van der Waals surface area contributed by atoms with Gasteiger partial charge in [-0.25, -0.2) is 8.42 Å². The standard InChI is InChI=1S/C23H26N4O4S/c1-3-17-8-7-9-19(14-17)26-32(29,30)20-15-18(11-10-16(20)2)21-24-22(31-25-21)23(28)27-12-5-4-6-13-27/h7-11,14-15,26H,3-6,12-13H2,1-2H3. The molecule has 0 saturated carbocycles. The van der Waals surface area contributed by atoms with Crippen molar-refractivity contribution in [2.24, 2.45) is 0 Å². The number of amides is 1. The molecule has 9 heteroatoms.